The van der Waals surface area contributed by atoms with Crippen LogP contribution in [0.3, 0.4) is 0 Å². The van der Waals surface area contributed by atoms with Crippen LogP contribution in [0.15, 0.2) is 0 Å². The molecule has 0 saturated carbocycles. The highest BCUT2D eigenvalue weighted by molar-refractivity contribution is 5.93. The molecule has 2 saturated heterocycles. The molecule has 120 valence electrons. The van der Waals surface area contributed by atoms with Crippen LogP contribution in [0.1, 0.15) is 19.8 Å². The Bertz CT molecular complexity index is 428. The van der Waals surface area contributed by atoms with Gasteiger partial charge in [-0.1, -0.05) is 0 Å². The maximum atomic E-state index is 11.9. The highest BCUT2D eigenvalue weighted by atomic mass is 16.3. The molecular formula is C14H26N4O3. The molecule has 0 aliphatic carbocycles. The average Bonchev–Trinajstić information content (AvgIpc) is 2.76. The highest BCUT2D eigenvalue weighted by Crippen LogP contribution is 2.36. The number of rotatable bonds is 5. The van der Waals surface area contributed by atoms with Crippen LogP contribution in [0.4, 0.5) is 0 Å². The topological polar surface area (TPSA) is 84.9 Å². The van der Waals surface area contributed by atoms with Gasteiger partial charge in [-0.25, -0.2) is 0 Å². The van der Waals surface area contributed by atoms with Crippen LogP contribution in [-0.4, -0.2) is 84.7 Å². The van der Waals surface area contributed by atoms with Crippen molar-refractivity contribution in [1.82, 2.24) is 20.4 Å². The molecule has 0 radical (unpaired) electrons. The molecule has 4 atom stereocenters. The molecule has 0 aromatic rings. The molecule has 2 rings (SSSR count). The average molecular weight is 298 g/mol. The summed E-state index contributed by atoms with van der Waals surface area (Å²) in [7, 11) is 5.38. The molecular weight excluding hydrogens is 272 g/mol. The van der Waals surface area contributed by atoms with Crippen LogP contribution in [0.25, 0.3) is 0 Å². The Morgan fingerprint density at radius 2 is 2.33 bits per heavy atom. The fourth-order valence-electron chi connectivity index (χ4n) is 3.57. The number of amides is 2. The van der Waals surface area contributed by atoms with Gasteiger partial charge in [-0.05, 0) is 33.9 Å². The van der Waals surface area contributed by atoms with Gasteiger partial charge in [0.1, 0.15) is 11.6 Å². The van der Waals surface area contributed by atoms with E-state index in [0.29, 0.717) is 13.1 Å². The Morgan fingerprint density at radius 3 is 2.71 bits per heavy atom. The molecule has 1 spiro atoms. The summed E-state index contributed by atoms with van der Waals surface area (Å²) in [6.45, 7) is 2.97. The highest BCUT2D eigenvalue weighted by Gasteiger charge is 2.55. The number of hydrogen-bond donors (Lipinski definition) is 3. The minimum absolute atomic E-state index is 0.105. The van der Waals surface area contributed by atoms with Gasteiger partial charge >= 0.3 is 0 Å². The van der Waals surface area contributed by atoms with Crippen LogP contribution >= 0.6 is 0 Å². The van der Waals surface area contributed by atoms with E-state index >= 15 is 0 Å². The van der Waals surface area contributed by atoms with Gasteiger partial charge in [0.05, 0.1) is 6.10 Å². The second-order valence-electron chi connectivity index (χ2n) is 6.26. The van der Waals surface area contributed by atoms with Crippen LogP contribution in [0.2, 0.25) is 0 Å². The molecule has 7 heteroatoms. The molecule has 0 aromatic carbocycles. The van der Waals surface area contributed by atoms with E-state index in [1.54, 1.807) is 14.0 Å². The van der Waals surface area contributed by atoms with E-state index in [9.17, 15) is 14.7 Å². The molecule has 2 aliphatic rings. The molecule has 2 aliphatic heterocycles. The third-order valence-corrected chi connectivity index (χ3v) is 5.02. The molecule has 21 heavy (non-hydrogen) atoms. The van der Waals surface area contributed by atoms with E-state index in [4.69, 9.17) is 0 Å². The lowest BCUT2D eigenvalue weighted by molar-refractivity contribution is -0.141. The molecule has 7 nitrogen and oxygen atoms in total. The van der Waals surface area contributed by atoms with Crippen LogP contribution in [0, 0.1) is 0 Å². The van der Waals surface area contributed by atoms with Gasteiger partial charge < -0.3 is 15.7 Å². The summed E-state index contributed by atoms with van der Waals surface area (Å²) >= 11 is 0. The maximum Gasteiger partial charge on any atom is 0.242 e. The van der Waals surface area contributed by atoms with Crippen molar-refractivity contribution >= 4 is 11.8 Å². The van der Waals surface area contributed by atoms with E-state index in [1.165, 1.54) is 0 Å². The first-order valence-corrected chi connectivity index (χ1v) is 7.44. The van der Waals surface area contributed by atoms with Gasteiger partial charge in [0.2, 0.25) is 11.8 Å². The van der Waals surface area contributed by atoms with Crippen molar-refractivity contribution in [3.8, 4) is 0 Å². The minimum atomic E-state index is -0.748. The summed E-state index contributed by atoms with van der Waals surface area (Å²) in [6.07, 6.45) is 1.03. The number of β-lactam (4-membered cyclic amide) rings is 1. The normalized spacial score (nSPS) is 31.9. The number of aliphatic hydroxyl groups excluding tert-OH is 1. The molecule has 2 fully saturated rings. The van der Waals surface area contributed by atoms with E-state index in [-0.39, 0.29) is 23.4 Å². The number of likely N-dealkylation sites (tertiary alicyclic amines) is 1. The van der Waals surface area contributed by atoms with Gasteiger partial charge in [0, 0.05) is 26.2 Å². The van der Waals surface area contributed by atoms with Crippen molar-refractivity contribution in [3.05, 3.63) is 0 Å². The zero-order valence-corrected chi connectivity index (χ0v) is 13.2. The first kappa shape index (κ1) is 16.2. The fourth-order valence-corrected chi connectivity index (χ4v) is 3.57. The second kappa shape index (κ2) is 5.90. The quantitative estimate of drug-likeness (QED) is 0.531. The number of carbonyl (C=O) groups is 2. The summed E-state index contributed by atoms with van der Waals surface area (Å²) < 4.78 is 0. The van der Waals surface area contributed by atoms with Gasteiger partial charge in [-0.3, -0.25) is 19.4 Å². The third-order valence-electron chi connectivity index (χ3n) is 5.02. The van der Waals surface area contributed by atoms with Crippen molar-refractivity contribution in [2.75, 3.05) is 34.2 Å². The lowest BCUT2D eigenvalue weighted by Crippen LogP contribution is -2.71. The third kappa shape index (κ3) is 2.65. The number of nitrogens with zero attached hydrogens (tertiary/aromatic N) is 2. The van der Waals surface area contributed by atoms with Crippen LogP contribution < -0.4 is 10.6 Å². The number of nitrogens with one attached hydrogen (secondary N) is 2. The van der Waals surface area contributed by atoms with Crippen molar-refractivity contribution in [2.45, 2.75) is 43.5 Å². The number of likely N-dealkylation sites (N-methyl/N-ethyl adjacent to an activating group) is 3. The first-order chi connectivity index (χ1) is 9.83. The van der Waals surface area contributed by atoms with E-state index < -0.39 is 12.1 Å². The zero-order valence-electron chi connectivity index (χ0n) is 13.2. The monoisotopic (exact) mass is 298 g/mol. The van der Waals surface area contributed by atoms with Crippen molar-refractivity contribution in [2.24, 2.45) is 0 Å². The standard InChI is InChI=1S/C14H26N4O3/c1-9(19)11(12(20)15-2)17(3)7-10-5-6-14(18(10)4)8-16-13(14)21/h9-11,19H,5-8H2,1-4H3,(H,15,20)(H,16,21)/t9-,10?,11+,14?/m1/s1. The van der Waals surface area contributed by atoms with Gasteiger partial charge in [0.25, 0.3) is 0 Å². The van der Waals surface area contributed by atoms with Gasteiger partial charge in [-0.2, -0.15) is 0 Å². The van der Waals surface area contributed by atoms with E-state index in [0.717, 1.165) is 12.8 Å². The molecule has 3 N–H and O–H groups in total. The molecule has 0 aromatic heterocycles. The van der Waals surface area contributed by atoms with Crippen molar-refractivity contribution < 1.29 is 14.7 Å². The predicted octanol–water partition coefficient (Wildman–Crippen LogP) is -1.62. The molecule has 2 amide bonds. The lowest BCUT2D eigenvalue weighted by Gasteiger charge is -2.45. The van der Waals surface area contributed by atoms with Crippen molar-refractivity contribution in [3.63, 3.8) is 0 Å². The number of hydrogen-bond acceptors (Lipinski definition) is 5. The van der Waals surface area contributed by atoms with Crippen LogP contribution in [0.5, 0.6) is 0 Å². The Labute approximate surface area is 125 Å². The molecule has 2 unspecified atom stereocenters. The SMILES string of the molecule is CNC(=O)[C@H]([C@@H](C)O)N(C)CC1CCC2(CNC2=O)N1C. The summed E-state index contributed by atoms with van der Waals surface area (Å²) in [5.74, 6) is -0.0854. The Kier molecular flexibility index (Phi) is 4.55. The summed E-state index contributed by atoms with van der Waals surface area (Å²) in [4.78, 5) is 27.7. The van der Waals surface area contributed by atoms with Gasteiger partial charge in [0.15, 0.2) is 0 Å². The van der Waals surface area contributed by atoms with Crippen molar-refractivity contribution in [1.29, 1.82) is 0 Å². The summed E-state index contributed by atoms with van der Waals surface area (Å²) in [5, 5.41) is 15.3. The van der Waals surface area contributed by atoms with Gasteiger partial charge in [-0.15, -0.1) is 0 Å². The Balaban J connectivity index is 2.01. The largest absolute Gasteiger partial charge is 0.391 e. The van der Waals surface area contributed by atoms with E-state index in [1.807, 2.05) is 19.0 Å². The summed E-state index contributed by atoms with van der Waals surface area (Å²) in [5.41, 5.74) is -0.348. The fraction of sp³-hybridized carbons (Fsp3) is 0.857. The smallest absolute Gasteiger partial charge is 0.242 e. The Morgan fingerprint density at radius 1 is 1.67 bits per heavy atom. The lowest BCUT2D eigenvalue weighted by atomic mass is 9.89. The summed E-state index contributed by atoms with van der Waals surface area (Å²) in [6, 6.07) is -0.359. The first-order valence-electron chi connectivity index (χ1n) is 7.44. The Hall–Kier alpha value is -1.18. The number of aliphatic hydroxyl groups is 1. The molecule has 0 bridgehead atoms. The predicted molar refractivity (Wildman–Crippen MR) is 78.7 cm³/mol. The minimum Gasteiger partial charge on any atom is -0.391 e. The zero-order chi connectivity index (χ0) is 15.8. The van der Waals surface area contributed by atoms with Crippen LogP contribution in [-0.2, 0) is 9.59 Å². The molecule has 2 heterocycles. The van der Waals surface area contributed by atoms with E-state index in [2.05, 4.69) is 15.5 Å². The maximum absolute atomic E-state index is 11.9. The second-order valence-corrected chi connectivity index (χ2v) is 6.26. The number of carbonyl (C=O) groups excluding carboxylic acids is 2.